The average Bonchev–Trinajstić information content (AvgIpc) is 2.91. The van der Waals surface area contributed by atoms with Crippen LogP contribution in [0.4, 0.5) is 9.80 Å². The van der Waals surface area contributed by atoms with Gasteiger partial charge in [-0.15, -0.1) is 11.3 Å². The quantitative estimate of drug-likeness (QED) is 0.474. The molecule has 1 aromatic rings. The molecule has 0 bridgehead atoms. The number of aryl methyl sites for hydroxylation is 1. The van der Waals surface area contributed by atoms with Crippen LogP contribution in [0.15, 0.2) is 0 Å². The minimum absolute atomic E-state index is 0.0375. The van der Waals surface area contributed by atoms with E-state index in [1.807, 2.05) is 0 Å². The van der Waals surface area contributed by atoms with Crippen molar-refractivity contribution in [3.8, 4) is 0 Å². The maximum atomic E-state index is 12.8. The Morgan fingerprint density at radius 1 is 1.38 bits per heavy atom. The maximum Gasteiger partial charge on any atom is 0.339 e. The number of amides is 2. The Kier molecular flexibility index (Phi) is 5.55. The Balaban J connectivity index is 1.84. The minimum atomic E-state index is -0.964. The van der Waals surface area contributed by atoms with Crippen molar-refractivity contribution in [2.24, 2.45) is 11.3 Å². The average molecular weight is 381 g/mol. The summed E-state index contributed by atoms with van der Waals surface area (Å²) in [7, 11) is 0. The molecule has 0 spiro atoms. The van der Waals surface area contributed by atoms with Crippen LogP contribution < -0.4 is 16.6 Å². The van der Waals surface area contributed by atoms with Crippen LogP contribution in [0.1, 0.15) is 60.3 Å². The Morgan fingerprint density at radius 3 is 2.85 bits per heavy atom. The van der Waals surface area contributed by atoms with E-state index >= 15 is 0 Å². The second-order valence-electron chi connectivity index (χ2n) is 8.04. The highest BCUT2D eigenvalue weighted by atomic mass is 32.1. The van der Waals surface area contributed by atoms with Gasteiger partial charge in [0.05, 0.1) is 5.56 Å². The standard InChI is InChI=1S/C18H28N4O3S/c1-18(2)7-6-13-12(9-18)14(16(23)24)15(26-13)21-17(25)22-8-4-3-5-11(22)10-20-19/h11,20H,3-10,19H2,1-2H3,(H,21,25)(H,23,24)/t11-/m1/s1. The third-order valence-electron chi connectivity index (χ3n) is 5.45. The van der Waals surface area contributed by atoms with Gasteiger partial charge < -0.3 is 10.0 Å². The maximum absolute atomic E-state index is 12.8. The fourth-order valence-electron chi connectivity index (χ4n) is 4.02. The molecule has 0 saturated carbocycles. The summed E-state index contributed by atoms with van der Waals surface area (Å²) in [6.45, 7) is 5.53. The fraction of sp³-hybridized carbons (Fsp3) is 0.667. The summed E-state index contributed by atoms with van der Waals surface area (Å²) in [5, 5.41) is 13.1. The Morgan fingerprint density at radius 2 is 2.15 bits per heavy atom. The second kappa shape index (κ2) is 7.54. The summed E-state index contributed by atoms with van der Waals surface area (Å²) in [5.41, 5.74) is 3.91. The molecule has 0 unspecified atom stereocenters. The minimum Gasteiger partial charge on any atom is -0.478 e. The number of carbonyl (C=O) groups is 2. The number of nitrogens with zero attached hydrogens (tertiary/aromatic N) is 1. The summed E-state index contributed by atoms with van der Waals surface area (Å²) in [4.78, 5) is 27.6. The number of fused-ring (bicyclic) bond motifs is 1. The number of nitrogens with two attached hydrogens (primary N) is 1. The summed E-state index contributed by atoms with van der Waals surface area (Å²) in [5.74, 6) is 4.48. The summed E-state index contributed by atoms with van der Waals surface area (Å²) in [6.07, 6.45) is 5.56. The van der Waals surface area contributed by atoms with Crippen molar-refractivity contribution < 1.29 is 14.7 Å². The largest absolute Gasteiger partial charge is 0.478 e. The first-order valence-corrected chi connectivity index (χ1v) is 10.0. The third-order valence-corrected chi connectivity index (χ3v) is 6.66. The van der Waals surface area contributed by atoms with Crippen molar-refractivity contribution >= 4 is 28.3 Å². The predicted octanol–water partition coefficient (Wildman–Crippen LogP) is 2.81. The lowest BCUT2D eigenvalue weighted by Crippen LogP contribution is -2.51. The topological polar surface area (TPSA) is 108 Å². The number of hydrogen-bond donors (Lipinski definition) is 4. The van der Waals surface area contributed by atoms with E-state index < -0.39 is 5.97 Å². The first kappa shape index (κ1) is 19.1. The predicted molar refractivity (Wildman–Crippen MR) is 103 cm³/mol. The van der Waals surface area contributed by atoms with Gasteiger partial charge in [0.2, 0.25) is 0 Å². The van der Waals surface area contributed by atoms with Gasteiger partial charge in [0, 0.05) is 24.0 Å². The van der Waals surface area contributed by atoms with Gasteiger partial charge in [-0.3, -0.25) is 16.6 Å². The molecular weight excluding hydrogens is 352 g/mol. The summed E-state index contributed by atoms with van der Waals surface area (Å²) in [6, 6.07) is -0.194. The van der Waals surface area contributed by atoms with Crippen LogP contribution in [0, 0.1) is 5.41 Å². The van der Waals surface area contributed by atoms with Crippen LogP contribution in [-0.2, 0) is 12.8 Å². The van der Waals surface area contributed by atoms with Crippen molar-refractivity contribution in [1.29, 1.82) is 0 Å². The van der Waals surface area contributed by atoms with Gasteiger partial charge in [-0.25, -0.2) is 9.59 Å². The van der Waals surface area contributed by atoms with Crippen molar-refractivity contribution in [2.45, 2.75) is 58.4 Å². The Labute approximate surface area is 157 Å². The highest BCUT2D eigenvalue weighted by molar-refractivity contribution is 7.17. The number of thiophene rings is 1. The van der Waals surface area contributed by atoms with Crippen LogP contribution in [0.5, 0.6) is 0 Å². The highest BCUT2D eigenvalue weighted by Gasteiger charge is 2.34. The number of rotatable bonds is 4. The number of piperidine rings is 1. The van der Waals surface area contributed by atoms with Gasteiger partial charge in [0.25, 0.3) is 0 Å². The molecule has 3 rings (SSSR count). The molecule has 1 aliphatic carbocycles. The Bertz CT molecular complexity index is 699. The molecule has 2 aliphatic rings. The molecule has 26 heavy (non-hydrogen) atoms. The number of nitrogens with one attached hydrogen (secondary N) is 2. The smallest absolute Gasteiger partial charge is 0.339 e. The Hall–Kier alpha value is -1.64. The second-order valence-corrected chi connectivity index (χ2v) is 9.14. The number of urea groups is 1. The third kappa shape index (κ3) is 3.87. The summed E-state index contributed by atoms with van der Waals surface area (Å²) < 4.78 is 0. The molecule has 2 heterocycles. The number of anilines is 1. The fourth-order valence-corrected chi connectivity index (χ4v) is 5.22. The molecule has 1 aromatic heterocycles. The van der Waals surface area contributed by atoms with Gasteiger partial charge in [0.1, 0.15) is 5.00 Å². The lowest BCUT2D eigenvalue weighted by atomic mass is 9.76. The first-order valence-electron chi connectivity index (χ1n) is 9.21. The zero-order chi connectivity index (χ0) is 18.9. The van der Waals surface area contributed by atoms with Crippen LogP contribution in [0.2, 0.25) is 0 Å². The lowest BCUT2D eigenvalue weighted by Gasteiger charge is -2.35. The first-order chi connectivity index (χ1) is 12.3. The van der Waals surface area contributed by atoms with Crippen LogP contribution >= 0.6 is 11.3 Å². The zero-order valence-electron chi connectivity index (χ0n) is 15.4. The van der Waals surface area contributed by atoms with E-state index in [2.05, 4.69) is 24.6 Å². The van der Waals surface area contributed by atoms with Crippen molar-refractivity contribution in [1.82, 2.24) is 10.3 Å². The van der Waals surface area contributed by atoms with E-state index in [0.717, 1.165) is 49.0 Å². The molecule has 1 saturated heterocycles. The highest BCUT2D eigenvalue weighted by Crippen LogP contribution is 2.43. The van der Waals surface area contributed by atoms with E-state index in [0.29, 0.717) is 18.1 Å². The van der Waals surface area contributed by atoms with Gasteiger partial charge in [-0.1, -0.05) is 13.8 Å². The van der Waals surface area contributed by atoms with Crippen LogP contribution in [0.25, 0.3) is 0 Å². The molecule has 8 heteroatoms. The van der Waals surface area contributed by atoms with E-state index in [1.54, 1.807) is 4.90 Å². The van der Waals surface area contributed by atoms with Gasteiger partial charge in [-0.2, -0.15) is 0 Å². The number of carboxylic acid groups (broad SMARTS) is 1. The number of hydrogen-bond acceptors (Lipinski definition) is 5. The zero-order valence-corrected chi connectivity index (χ0v) is 16.2. The summed E-state index contributed by atoms with van der Waals surface area (Å²) >= 11 is 1.42. The van der Waals surface area contributed by atoms with Crippen molar-refractivity contribution in [2.75, 3.05) is 18.4 Å². The molecule has 1 fully saturated rings. The van der Waals surface area contributed by atoms with E-state index in [9.17, 15) is 14.7 Å². The van der Waals surface area contributed by atoms with Gasteiger partial charge >= 0.3 is 12.0 Å². The number of carbonyl (C=O) groups excluding carboxylic acids is 1. The molecule has 144 valence electrons. The molecule has 2 amide bonds. The van der Waals surface area contributed by atoms with Crippen LogP contribution in [0.3, 0.4) is 0 Å². The molecule has 1 atom stereocenters. The van der Waals surface area contributed by atoms with E-state index in [1.165, 1.54) is 11.3 Å². The van der Waals surface area contributed by atoms with Crippen molar-refractivity contribution in [3.05, 3.63) is 16.0 Å². The van der Waals surface area contributed by atoms with E-state index in [4.69, 9.17) is 5.84 Å². The number of hydrazine groups is 1. The SMILES string of the molecule is CC1(C)CCc2sc(NC(=O)N3CCCC[C@@H]3CNN)c(C(=O)O)c2C1. The van der Waals surface area contributed by atoms with Gasteiger partial charge in [0.15, 0.2) is 0 Å². The monoisotopic (exact) mass is 380 g/mol. The van der Waals surface area contributed by atoms with Gasteiger partial charge in [-0.05, 0) is 49.5 Å². The van der Waals surface area contributed by atoms with Crippen LogP contribution in [-0.4, -0.2) is 41.1 Å². The normalized spacial score (nSPS) is 22.0. The number of carboxylic acids is 1. The van der Waals surface area contributed by atoms with Crippen molar-refractivity contribution in [3.63, 3.8) is 0 Å². The number of likely N-dealkylation sites (tertiary alicyclic amines) is 1. The number of aromatic carboxylic acids is 1. The molecule has 1 aliphatic heterocycles. The molecule has 7 nitrogen and oxygen atoms in total. The molecular formula is C18H28N4O3S. The lowest BCUT2D eigenvalue weighted by molar-refractivity contribution is 0.0696. The molecule has 0 radical (unpaired) electrons. The molecule has 0 aromatic carbocycles. The van der Waals surface area contributed by atoms with E-state index in [-0.39, 0.29) is 23.1 Å². The molecule has 5 N–H and O–H groups in total.